The van der Waals surface area contributed by atoms with Crippen molar-refractivity contribution in [1.82, 2.24) is 9.88 Å². The van der Waals surface area contributed by atoms with E-state index in [1.54, 1.807) is 18.2 Å². The fourth-order valence-electron chi connectivity index (χ4n) is 4.93. The molecule has 2 aliphatic rings. The minimum absolute atomic E-state index is 0.0313. The number of carbonyl (C=O) groups excluding carboxylic acids is 1. The summed E-state index contributed by atoms with van der Waals surface area (Å²) in [6.45, 7) is 3.80. The molecule has 1 fully saturated rings. The number of likely N-dealkylation sites (tertiary alicyclic amines) is 1. The minimum atomic E-state index is -1.03. The second-order valence-electron chi connectivity index (χ2n) is 9.46. The molecule has 2 aliphatic heterocycles. The van der Waals surface area contributed by atoms with Crippen LogP contribution in [0.2, 0.25) is 0 Å². The van der Waals surface area contributed by atoms with Crippen molar-refractivity contribution in [3.05, 3.63) is 59.7 Å². The number of anilines is 1. The molecular weight excluding hydrogens is 486 g/mol. The summed E-state index contributed by atoms with van der Waals surface area (Å²) in [4.78, 5) is 31.1. The first-order chi connectivity index (χ1) is 18.5. The summed E-state index contributed by atoms with van der Waals surface area (Å²) in [6.07, 6.45) is 5.07. The number of hydrogen-bond donors (Lipinski definition) is 2. The smallest absolute Gasteiger partial charge is 0.328 e. The molecule has 0 atom stereocenters. The van der Waals surface area contributed by atoms with Gasteiger partial charge in [-0.25, -0.2) is 9.78 Å². The number of rotatable bonds is 8. The first kappa shape index (κ1) is 25.5. The Hall–Kier alpha value is -4.11. The molecule has 1 aromatic heterocycles. The summed E-state index contributed by atoms with van der Waals surface area (Å²) in [6, 6.07) is 13.2. The molecule has 5 rings (SSSR count). The van der Waals surface area contributed by atoms with Crippen molar-refractivity contribution in [2.24, 2.45) is 5.92 Å². The van der Waals surface area contributed by atoms with Gasteiger partial charge in [-0.15, -0.1) is 0 Å². The zero-order chi connectivity index (χ0) is 26.5. The Labute approximate surface area is 221 Å². The summed E-state index contributed by atoms with van der Waals surface area (Å²) < 4.78 is 16.6. The monoisotopic (exact) mass is 517 g/mol. The zero-order valence-electron chi connectivity index (χ0n) is 21.3. The number of fused-ring (bicyclic) bond motifs is 2. The Balaban J connectivity index is 1.20. The van der Waals surface area contributed by atoms with Gasteiger partial charge in [0.1, 0.15) is 13.2 Å². The van der Waals surface area contributed by atoms with Gasteiger partial charge in [-0.05, 0) is 73.8 Å². The summed E-state index contributed by atoms with van der Waals surface area (Å²) in [5.74, 6) is 0.881. The molecular formula is C29H31N3O6. The Morgan fingerprint density at radius 1 is 1.11 bits per heavy atom. The van der Waals surface area contributed by atoms with Crippen molar-refractivity contribution in [1.29, 1.82) is 0 Å². The lowest BCUT2D eigenvalue weighted by Crippen LogP contribution is -2.39. The van der Waals surface area contributed by atoms with Crippen LogP contribution in [0.5, 0.6) is 17.4 Å². The van der Waals surface area contributed by atoms with E-state index in [2.05, 4.69) is 27.3 Å². The molecule has 2 aromatic carbocycles. The molecule has 0 saturated carbocycles. The number of nitrogens with zero attached hydrogens (tertiary/aromatic N) is 2. The average molecular weight is 518 g/mol. The Bertz CT molecular complexity index is 1360. The van der Waals surface area contributed by atoms with E-state index >= 15 is 0 Å². The number of carboxylic acid groups (broad SMARTS) is 1. The van der Waals surface area contributed by atoms with Gasteiger partial charge >= 0.3 is 5.97 Å². The highest BCUT2D eigenvalue weighted by molar-refractivity contribution is 6.04. The van der Waals surface area contributed by atoms with Gasteiger partial charge in [-0.3, -0.25) is 4.79 Å². The molecule has 0 aliphatic carbocycles. The van der Waals surface area contributed by atoms with Gasteiger partial charge in [0.15, 0.2) is 11.5 Å². The lowest BCUT2D eigenvalue weighted by Gasteiger charge is -2.31. The SMILES string of the molecule is COc1ccc2c(/C=C/C(=O)O)ccc(NC(=O)C3CCN(CCc4ccc5c(c4)OCCO5)CC3)c2n1. The summed E-state index contributed by atoms with van der Waals surface area (Å²) in [5, 5.41) is 12.8. The van der Waals surface area contributed by atoms with Crippen molar-refractivity contribution in [3.8, 4) is 17.4 Å². The van der Waals surface area contributed by atoms with E-state index in [0.717, 1.165) is 61.9 Å². The molecule has 38 heavy (non-hydrogen) atoms. The van der Waals surface area contributed by atoms with E-state index in [4.69, 9.17) is 19.3 Å². The third kappa shape index (κ3) is 5.89. The van der Waals surface area contributed by atoms with E-state index < -0.39 is 5.97 Å². The topological polar surface area (TPSA) is 110 Å². The molecule has 1 amide bonds. The Kier molecular flexibility index (Phi) is 7.74. The fourth-order valence-corrected chi connectivity index (χ4v) is 4.93. The number of benzene rings is 2. The van der Waals surface area contributed by atoms with Gasteiger partial charge in [0.05, 0.1) is 18.3 Å². The summed E-state index contributed by atoms with van der Waals surface area (Å²) >= 11 is 0. The molecule has 0 radical (unpaired) electrons. The highest BCUT2D eigenvalue weighted by atomic mass is 16.6. The molecule has 3 heterocycles. The number of methoxy groups -OCH3 is 1. The van der Waals surface area contributed by atoms with Crippen LogP contribution in [0.4, 0.5) is 5.69 Å². The number of carbonyl (C=O) groups is 2. The predicted octanol–water partition coefficient (Wildman–Crippen LogP) is 4.01. The largest absolute Gasteiger partial charge is 0.486 e. The molecule has 1 saturated heterocycles. The van der Waals surface area contributed by atoms with Gasteiger partial charge < -0.3 is 29.5 Å². The number of ether oxygens (including phenoxy) is 3. The van der Waals surface area contributed by atoms with Crippen molar-refractivity contribution >= 4 is 34.5 Å². The normalized spacial score (nSPS) is 16.0. The highest BCUT2D eigenvalue weighted by Crippen LogP contribution is 2.32. The first-order valence-corrected chi connectivity index (χ1v) is 12.8. The van der Waals surface area contributed by atoms with Crippen LogP contribution < -0.4 is 19.5 Å². The number of aromatic nitrogens is 1. The molecule has 2 N–H and O–H groups in total. The average Bonchev–Trinajstić information content (AvgIpc) is 2.95. The third-order valence-corrected chi connectivity index (χ3v) is 7.02. The highest BCUT2D eigenvalue weighted by Gasteiger charge is 2.25. The Morgan fingerprint density at radius 3 is 2.66 bits per heavy atom. The van der Waals surface area contributed by atoms with Crippen molar-refractivity contribution in [3.63, 3.8) is 0 Å². The van der Waals surface area contributed by atoms with E-state index in [1.165, 1.54) is 18.7 Å². The van der Waals surface area contributed by atoms with Gasteiger partial charge in [0.2, 0.25) is 11.8 Å². The third-order valence-electron chi connectivity index (χ3n) is 7.02. The molecule has 3 aromatic rings. The fraction of sp³-hybridized carbons (Fsp3) is 0.345. The van der Waals surface area contributed by atoms with Crippen LogP contribution in [0.3, 0.4) is 0 Å². The lowest BCUT2D eigenvalue weighted by atomic mass is 9.95. The van der Waals surface area contributed by atoms with E-state index in [0.29, 0.717) is 35.9 Å². The van der Waals surface area contributed by atoms with Crippen molar-refractivity contribution in [2.45, 2.75) is 19.3 Å². The molecule has 0 bridgehead atoms. The maximum absolute atomic E-state index is 13.2. The predicted molar refractivity (Wildman–Crippen MR) is 144 cm³/mol. The van der Waals surface area contributed by atoms with Crippen LogP contribution in [0, 0.1) is 5.92 Å². The summed E-state index contributed by atoms with van der Waals surface area (Å²) in [7, 11) is 1.53. The van der Waals surface area contributed by atoms with Crippen LogP contribution in [0.1, 0.15) is 24.0 Å². The maximum Gasteiger partial charge on any atom is 0.328 e. The second kappa shape index (κ2) is 11.5. The maximum atomic E-state index is 13.2. The van der Waals surface area contributed by atoms with Crippen LogP contribution in [-0.4, -0.2) is 66.8 Å². The number of carboxylic acids is 1. The van der Waals surface area contributed by atoms with Crippen LogP contribution in [-0.2, 0) is 16.0 Å². The van der Waals surface area contributed by atoms with Gasteiger partial charge in [-0.1, -0.05) is 12.1 Å². The zero-order valence-corrected chi connectivity index (χ0v) is 21.3. The number of piperidine rings is 1. The van der Waals surface area contributed by atoms with Crippen LogP contribution in [0.25, 0.3) is 17.0 Å². The van der Waals surface area contributed by atoms with Gasteiger partial charge in [0, 0.05) is 30.0 Å². The van der Waals surface area contributed by atoms with Gasteiger partial charge in [0.25, 0.3) is 0 Å². The quantitative estimate of drug-likeness (QED) is 0.432. The van der Waals surface area contributed by atoms with Crippen molar-refractivity contribution < 1.29 is 28.9 Å². The Morgan fingerprint density at radius 2 is 1.89 bits per heavy atom. The summed E-state index contributed by atoms with van der Waals surface area (Å²) in [5.41, 5.74) is 3.05. The van der Waals surface area contributed by atoms with Crippen LogP contribution in [0.15, 0.2) is 48.5 Å². The number of pyridine rings is 1. The number of amides is 1. The molecule has 9 nitrogen and oxygen atoms in total. The number of hydrogen-bond acceptors (Lipinski definition) is 7. The van der Waals surface area contributed by atoms with E-state index in [1.807, 2.05) is 12.1 Å². The van der Waals surface area contributed by atoms with Crippen LogP contribution >= 0.6 is 0 Å². The minimum Gasteiger partial charge on any atom is -0.486 e. The van der Waals surface area contributed by atoms with Gasteiger partial charge in [-0.2, -0.15) is 0 Å². The first-order valence-electron chi connectivity index (χ1n) is 12.8. The standard InChI is InChI=1S/C29H31N3O6/c1-36-26-8-5-22-20(4-9-27(33)34)3-6-23(28(22)31-26)30-29(35)21-11-14-32(15-12-21)13-10-19-2-7-24-25(18-19)38-17-16-37-24/h2-9,18,21H,10-17H2,1H3,(H,30,35)(H,33,34)/b9-4+. The molecule has 9 heteroatoms. The molecule has 0 spiro atoms. The lowest BCUT2D eigenvalue weighted by molar-refractivity contribution is -0.131. The van der Waals surface area contributed by atoms with E-state index in [9.17, 15) is 9.59 Å². The molecule has 198 valence electrons. The molecule has 0 unspecified atom stereocenters. The number of aliphatic carboxylic acids is 1. The second-order valence-corrected chi connectivity index (χ2v) is 9.46. The number of nitrogens with one attached hydrogen (secondary N) is 1. The van der Waals surface area contributed by atoms with E-state index in [-0.39, 0.29) is 11.8 Å². The van der Waals surface area contributed by atoms with Crippen molar-refractivity contribution in [2.75, 3.05) is 45.3 Å².